The number of aromatic nitrogens is 3. The van der Waals surface area contributed by atoms with Crippen molar-refractivity contribution in [2.24, 2.45) is 11.1 Å². The molecule has 2 heterocycles. The quantitative estimate of drug-likeness (QED) is 0.541. The fraction of sp³-hybridized carbons (Fsp3) is 0.407. The Morgan fingerprint density at radius 2 is 1.89 bits per heavy atom. The van der Waals surface area contributed by atoms with Crippen molar-refractivity contribution in [2.75, 3.05) is 7.05 Å². The van der Waals surface area contributed by atoms with Crippen LogP contribution in [-0.2, 0) is 10.2 Å². The van der Waals surface area contributed by atoms with Crippen LogP contribution in [0.3, 0.4) is 0 Å². The number of nitrogens with two attached hydrogens (primary N) is 1. The second-order valence-corrected chi connectivity index (χ2v) is 10.1. The maximum atomic E-state index is 14.7. The number of pyridine rings is 1. The van der Waals surface area contributed by atoms with E-state index in [9.17, 15) is 18.4 Å². The molecule has 3 N–H and O–H groups in total. The highest BCUT2D eigenvalue weighted by Gasteiger charge is 2.82. The molecule has 0 saturated heterocycles. The number of fused-ring (bicyclic) bond motifs is 1. The van der Waals surface area contributed by atoms with E-state index in [4.69, 9.17) is 5.73 Å². The van der Waals surface area contributed by atoms with Gasteiger partial charge < -0.3 is 11.1 Å². The van der Waals surface area contributed by atoms with Crippen molar-refractivity contribution in [3.63, 3.8) is 0 Å². The summed E-state index contributed by atoms with van der Waals surface area (Å²) in [7, 11) is 1.38. The maximum absolute atomic E-state index is 14.7. The van der Waals surface area contributed by atoms with Crippen molar-refractivity contribution in [3.05, 3.63) is 76.7 Å². The zero-order valence-electron chi connectivity index (χ0n) is 20.7. The number of amides is 2. The number of alkyl halides is 2. The number of carbonyl (C=O) groups excluding carboxylic acids is 2. The normalized spacial score (nSPS) is 27.9. The fourth-order valence-electron chi connectivity index (χ4n) is 6.21. The van der Waals surface area contributed by atoms with E-state index < -0.39 is 29.1 Å². The highest BCUT2D eigenvalue weighted by atomic mass is 19.3. The Morgan fingerprint density at radius 1 is 1.19 bits per heavy atom. The molecule has 1 unspecified atom stereocenters. The molecule has 1 fully saturated rings. The molecule has 2 aliphatic rings. The van der Waals surface area contributed by atoms with Crippen LogP contribution in [0.15, 0.2) is 48.7 Å². The van der Waals surface area contributed by atoms with Crippen molar-refractivity contribution in [2.45, 2.75) is 56.8 Å². The average Bonchev–Trinajstić information content (AvgIpc) is 3.20. The molecule has 0 radical (unpaired) electrons. The van der Waals surface area contributed by atoms with E-state index in [2.05, 4.69) is 29.2 Å². The molecule has 5 rings (SSSR count). The van der Waals surface area contributed by atoms with Crippen LogP contribution in [0.25, 0.3) is 5.82 Å². The standard InChI is InChI=1S/C27H29F2N5O2/c1-5-26(17-11-9-16(10-12-17)22-25(3,24(36)31-4)27(22,28)29)13-15(2)21-18(26)14-32-34(21)20-8-6-7-19(33-20)23(30)35/h6-12,14-15,22H,5,13H2,1-4H3,(H2,30,35)(H,31,36)/t15?,22-,25+,26-/m1/s1. The third kappa shape index (κ3) is 3.07. The first kappa shape index (κ1) is 24.1. The van der Waals surface area contributed by atoms with Gasteiger partial charge in [0.2, 0.25) is 5.91 Å². The number of hydrogen-bond acceptors (Lipinski definition) is 4. The summed E-state index contributed by atoms with van der Waals surface area (Å²) in [6.45, 7) is 5.55. The Morgan fingerprint density at radius 3 is 2.50 bits per heavy atom. The van der Waals surface area contributed by atoms with Gasteiger partial charge in [-0.2, -0.15) is 5.10 Å². The Labute approximate surface area is 208 Å². The van der Waals surface area contributed by atoms with E-state index in [0.717, 1.165) is 29.7 Å². The van der Waals surface area contributed by atoms with Crippen molar-refractivity contribution in [1.82, 2.24) is 20.1 Å². The zero-order valence-corrected chi connectivity index (χ0v) is 20.7. The summed E-state index contributed by atoms with van der Waals surface area (Å²) in [5.74, 6) is -4.84. The van der Waals surface area contributed by atoms with Gasteiger partial charge in [0.15, 0.2) is 5.82 Å². The van der Waals surface area contributed by atoms with Crippen molar-refractivity contribution in [1.29, 1.82) is 0 Å². The maximum Gasteiger partial charge on any atom is 0.270 e. The van der Waals surface area contributed by atoms with E-state index in [1.807, 2.05) is 18.3 Å². The van der Waals surface area contributed by atoms with E-state index in [0.29, 0.717) is 11.4 Å². The molecule has 3 aromatic rings. The summed E-state index contributed by atoms with van der Waals surface area (Å²) < 4.78 is 31.2. The Kier molecular flexibility index (Phi) is 5.32. The zero-order chi connectivity index (χ0) is 26.0. The number of hydrogen-bond donors (Lipinski definition) is 2. The third-order valence-electron chi connectivity index (χ3n) is 8.30. The number of benzene rings is 1. The fourth-order valence-corrected chi connectivity index (χ4v) is 6.21. The van der Waals surface area contributed by atoms with Crippen molar-refractivity contribution < 1.29 is 18.4 Å². The molecule has 2 aromatic heterocycles. The highest BCUT2D eigenvalue weighted by molar-refractivity contribution is 5.91. The molecule has 188 valence electrons. The number of halogens is 2. The summed E-state index contributed by atoms with van der Waals surface area (Å²) in [6, 6.07) is 12.3. The SMILES string of the molecule is CC[C@]1(c2ccc([C@H]3C(F)(F)[C@]3(C)C(=O)NC)cc2)CC(C)c2c1cnn2-c1cccc(C(N)=O)n1. The number of primary amides is 1. The summed E-state index contributed by atoms with van der Waals surface area (Å²) in [5.41, 5.74) is 7.03. The van der Waals surface area contributed by atoms with Gasteiger partial charge in [0.1, 0.15) is 11.1 Å². The van der Waals surface area contributed by atoms with Crippen LogP contribution in [0.1, 0.15) is 78.3 Å². The van der Waals surface area contributed by atoms with Gasteiger partial charge in [-0.1, -0.05) is 44.2 Å². The number of rotatable bonds is 6. The topological polar surface area (TPSA) is 103 Å². The minimum Gasteiger partial charge on any atom is -0.364 e. The Balaban J connectivity index is 1.52. The molecule has 0 aliphatic heterocycles. The van der Waals surface area contributed by atoms with Crippen LogP contribution in [0.2, 0.25) is 0 Å². The third-order valence-corrected chi connectivity index (χ3v) is 8.30. The Hall–Kier alpha value is -3.62. The molecule has 0 spiro atoms. The first-order valence-electron chi connectivity index (χ1n) is 12.1. The second kappa shape index (κ2) is 7.94. The molecule has 7 nitrogen and oxygen atoms in total. The van der Waals surface area contributed by atoms with Crippen LogP contribution in [0, 0.1) is 5.41 Å². The minimum atomic E-state index is -3.10. The monoisotopic (exact) mass is 493 g/mol. The first-order chi connectivity index (χ1) is 17.0. The lowest BCUT2D eigenvalue weighted by molar-refractivity contribution is -0.128. The molecular formula is C27H29F2N5O2. The summed E-state index contributed by atoms with van der Waals surface area (Å²) in [5, 5.41) is 6.99. The molecule has 4 atom stereocenters. The number of carbonyl (C=O) groups is 2. The highest BCUT2D eigenvalue weighted by Crippen LogP contribution is 2.71. The van der Waals surface area contributed by atoms with E-state index in [-0.39, 0.29) is 17.0 Å². The lowest BCUT2D eigenvalue weighted by Crippen LogP contribution is -2.31. The molecule has 9 heteroatoms. The lowest BCUT2D eigenvalue weighted by atomic mass is 9.73. The van der Waals surface area contributed by atoms with E-state index >= 15 is 0 Å². The van der Waals surface area contributed by atoms with Gasteiger partial charge in [-0.05, 0) is 43.0 Å². The van der Waals surface area contributed by atoms with Gasteiger partial charge in [-0.25, -0.2) is 18.4 Å². The summed E-state index contributed by atoms with van der Waals surface area (Å²) >= 11 is 0. The largest absolute Gasteiger partial charge is 0.364 e. The number of nitrogens with one attached hydrogen (secondary N) is 1. The van der Waals surface area contributed by atoms with Crippen LogP contribution in [-0.4, -0.2) is 39.5 Å². The predicted molar refractivity (Wildman–Crippen MR) is 130 cm³/mol. The van der Waals surface area contributed by atoms with Crippen molar-refractivity contribution >= 4 is 11.8 Å². The molecule has 1 saturated carbocycles. The predicted octanol–water partition coefficient (Wildman–Crippen LogP) is 4.05. The van der Waals surface area contributed by atoms with Gasteiger partial charge >= 0.3 is 0 Å². The van der Waals surface area contributed by atoms with Gasteiger partial charge in [-0.3, -0.25) is 9.59 Å². The van der Waals surface area contributed by atoms with E-state index in [1.165, 1.54) is 14.0 Å². The van der Waals surface area contributed by atoms with Gasteiger partial charge in [0.25, 0.3) is 11.8 Å². The van der Waals surface area contributed by atoms with Gasteiger partial charge in [-0.15, -0.1) is 0 Å². The number of nitrogens with zero attached hydrogens (tertiary/aromatic N) is 3. The molecular weight excluding hydrogens is 464 g/mol. The van der Waals surface area contributed by atoms with Gasteiger partial charge in [0.05, 0.1) is 17.8 Å². The first-order valence-corrected chi connectivity index (χ1v) is 12.1. The molecule has 2 aliphatic carbocycles. The van der Waals surface area contributed by atoms with Crippen LogP contribution < -0.4 is 11.1 Å². The smallest absolute Gasteiger partial charge is 0.270 e. The van der Waals surface area contributed by atoms with Crippen LogP contribution in [0.5, 0.6) is 0 Å². The summed E-state index contributed by atoms with van der Waals surface area (Å²) in [4.78, 5) is 28.2. The molecule has 2 amide bonds. The minimum absolute atomic E-state index is 0.144. The second-order valence-electron chi connectivity index (χ2n) is 10.1. The van der Waals surface area contributed by atoms with Crippen LogP contribution in [0.4, 0.5) is 8.78 Å². The van der Waals surface area contributed by atoms with Gasteiger partial charge in [0, 0.05) is 23.9 Å². The Bertz CT molecular complexity index is 1370. The van der Waals surface area contributed by atoms with Crippen molar-refractivity contribution in [3.8, 4) is 5.82 Å². The molecule has 36 heavy (non-hydrogen) atoms. The summed E-state index contributed by atoms with van der Waals surface area (Å²) in [6.07, 6.45) is 3.45. The lowest BCUT2D eigenvalue weighted by Gasteiger charge is -2.29. The average molecular weight is 494 g/mol. The molecule has 1 aromatic carbocycles. The van der Waals surface area contributed by atoms with Crippen LogP contribution >= 0.6 is 0 Å². The molecule has 0 bridgehead atoms. The van der Waals surface area contributed by atoms with E-state index in [1.54, 1.807) is 35.0 Å².